The average molecular weight is 250 g/mol. The molecule has 1 aromatic heterocycles. The molecule has 0 aromatic carbocycles. The average Bonchev–Trinajstić information content (AvgIpc) is 2.41. The molecule has 1 aromatic rings. The Labute approximate surface area is 111 Å². The highest BCUT2D eigenvalue weighted by Gasteiger charge is 2.13. The first-order chi connectivity index (χ1) is 8.72. The van der Waals surface area contributed by atoms with Crippen molar-refractivity contribution >= 4 is 5.95 Å². The Bertz CT molecular complexity index is 323. The van der Waals surface area contributed by atoms with E-state index in [0.717, 1.165) is 44.0 Å². The van der Waals surface area contributed by atoms with Crippen molar-refractivity contribution in [3.63, 3.8) is 0 Å². The highest BCUT2D eigenvalue weighted by Crippen LogP contribution is 2.12. The first-order valence-corrected chi connectivity index (χ1v) is 7.01. The number of anilines is 1. The van der Waals surface area contributed by atoms with E-state index < -0.39 is 0 Å². The standard InChI is InChI=1S/C14H26N4/c1-5-8-15-9-13-10-16-14(17-11-13)18(7-3)12(4)6-2/h10-12,15H,5-9H2,1-4H3. The van der Waals surface area contributed by atoms with Crippen LogP contribution in [0.2, 0.25) is 0 Å². The molecule has 1 rings (SSSR count). The summed E-state index contributed by atoms with van der Waals surface area (Å²) in [6.45, 7) is 11.5. The molecule has 0 aliphatic carbocycles. The van der Waals surface area contributed by atoms with Gasteiger partial charge in [0.05, 0.1) is 0 Å². The highest BCUT2D eigenvalue weighted by molar-refractivity contribution is 5.31. The lowest BCUT2D eigenvalue weighted by molar-refractivity contribution is 0.612. The first kappa shape index (κ1) is 14.9. The minimum Gasteiger partial charge on any atom is -0.338 e. The maximum absolute atomic E-state index is 4.47. The summed E-state index contributed by atoms with van der Waals surface area (Å²) in [5, 5.41) is 3.35. The first-order valence-electron chi connectivity index (χ1n) is 7.01. The molecule has 1 unspecified atom stereocenters. The van der Waals surface area contributed by atoms with Gasteiger partial charge in [0.25, 0.3) is 0 Å². The van der Waals surface area contributed by atoms with Crippen LogP contribution in [0.15, 0.2) is 12.4 Å². The van der Waals surface area contributed by atoms with E-state index in [9.17, 15) is 0 Å². The SMILES string of the molecule is CCCNCc1cnc(N(CC)C(C)CC)nc1. The number of hydrogen-bond donors (Lipinski definition) is 1. The molecular weight excluding hydrogens is 224 g/mol. The monoisotopic (exact) mass is 250 g/mol. The van der Waals surface area contributed by atoms with E-state index in [1.165, 1.54) is 0 Å². The molecule has 0 spiro atoms. The minimum absolute atomic E-state index is 0.485. The van der Waals surface area contributed by atoms with E-state index in [1.807, 2.05) is 12.4 Å². The molecule has 18 heavy (non-hydrogen) atoms. The summed E-state index contributed by atoms with van der Waals surface area (Å²) in [6.07, 6.45) is 6.11. The Morgan fingerprint density at radius 3 is 2.39 bits per heavy atom. The number of hydrogen-bond acceptors (Lipinski definition) is 4. The fourth-order valence-electron chi connectivity index (χ4n) is 1.87. The summed E-state index contributed by atoms with van der Waals surface area (Å²) in [5.41, 5.74) is 1.15. The molecule has 0 bridgehead atoms. The molecule has 1 N–H and O–H groups in total. The molecule has 102 valence electrons. The normalized spacial score (nSPS) is 12.4. The van der Waals surface area contributed by atoms with E-state index in [0.29, 0.717) is 6.04 Å². The van der Waals surface area contributed by atoms with Crippen molar-refractivity contribution in [2.45, 2.75) is 53.1 Å². The summed E-state index contributed by atoms with van der Waals surface area (Å²) in [6, 6.07) is 0.485. The van der Waals surface area contributed by atoms with E-state index in [-0.39, 0.29) is 0 Å². The third-order valence-corrected chi connectivity index (χ3v) is 3.17. The van der Waals surface area contributed by atoms with Gasteiger partial charge in [-0.25, -0.2) is 9.97 Å². The predicted molar refractivity (Wildman–Crippen MR) is 76.8 cm³/mol. The van der Waals surface area contributed by atoms with Gasteiger partial charge in [0.1, 0.15) is 0 Å². The molecule has 1 atom stereocenters. The van der Waals surface area contributed by atoms with Crippen LogP contribution in [0.5, 0.6) is 0 Å². The molecule has 0 aliphatic heterocycles. The van der Waals surface area contributed by atoms with Gasteiger partial charge in [0.15, 0.2) is 0 Å². The van der Waals surface area contributed by atoms with Gasteiger partial charge in [-0.3, -0.25) is 0 Å². The van der Waals surface area contributed by atoms with Crippen molar-refractivity contribution < 1.29 is 0 Å². The molecule has 0 amide bonds. The molecule has 0 fully saturated rings. The Hall–Kier alpha value is -1.16. The largest absolute Gasteiger partial charge is 0.338 e. The third kappa shape index (κ3) is 4.26. The summed E-state index contributed by atoms with van der Waals surface area (Å²) in [7, 11) is 0. The van der Waals surface area contributed by atoms with Crippen LogP contribution in [0.1, 0.15) is 46.1 Å². The number of nitrogens with one attached hydrogen (secondary N) is 1. The Morgan fingerprint density at radius 2 is 1.89 bits per heavy atom. The van der Waals surface area contributed by atoms with E-state index in [1.54, 1.807) is 0 Å². The van der Waals surface area contributed by atoms with Crippen molar-refractivity contribution in [3.8, 4) is 0 Å². The van der Waals surface area contributed by atoms with Gasteiger partial charge < -0.3 is 10.2 Å². The van der Waals surface area contributed by atoms with Crippen molar-refractivity contribution in [3.05, 3.63) is 18.0 Å². The molecular formula is C14H26N4. The van der Waals surface area contributed by atoms with Crippen LogP contribution in [0.4, 0.5) is 5.95 Å². The molecule has 0 radical (unpaired) electrons. The lowest BCUT2D eigenvalue weighted by atomic mass is 10.2. The van der Waals surface area contributed by atoms with Crippen LogP contribution in [0, 0.1) is 0 Å². The summed E-state index contributed by atoms with van der Waals surface area (Å²) >= 11 is 0. The van der Waals surface area contributed by atoms with Gasteiger partial charge in [-0.1, -0.05) is 13.8 Å². The van der Waals surface area contributed by atoms with Crippen LogP contribution < -0.4 is 10.2 Å². The molecule has 0 aliphatic rings. The maximum Gasteiger partial charge on any atom is 0.225 e. The van der Waals surface area contributed by atoms with Crippen molar-refractivity contribution in [2.24, 2.45) is 0 Å². The fourth-order valence-corrected chi connectivity index (χ4v) is 1.87. The lowest BCUT2D eigenvalue weighted by Gasteiger charge is -2.27. The van der Waals surface area contributed by atoms with Crippen LogP contribution >= 0.6 is 0 Å². The zero-order valence-corrected chi connectivity index (χ0v) is 12.1. The second-order valence-corrected chi connectivity index (χ2v) is 4.61. The Kier molecular flexibility index (Phi) is 6.65. The maximum atomic E-state index is 4.47. The van der Waals surface area contributed by atoms with Gasteiger partial charge in [-0.15, -0.1) is 0 Å². The lowest BCUT2D eigenvalue weighted by Crippen LogP contribution is -2.33. The minimum atomic E-state index is 0.485. The van der Waals surface area contributed by atoms with Gasteiger partial charge in [-0.2, -0.15) is 0 Å². The van der Waals surface area contributed by atoms with Gasteiger partial charge in [0, 0.05) is 37.1 Å². The van der Waals surface area contributed by atoms with Crippen LogP contribution in [0.25, 0.3) is 0 Å². The van der Waals surface area contributed by atoms with Gasteiger partial charge >= 0.3 is 0 Å². The van der Waals surface area contributed by atoms with Crippen LogP contribution in [-0.2, 0) is 6.54 Å². The van der Waals surface area contributed by atoms with Crippen molar-refractivity contribution in [1.29, 1.82) is 0 Å². The van der Waals surface area contributed by atoms with Crippen LogP contribution in [0.3, 0.4) is 0 Å². The predicted octanol–water partition coefficient (Wildman–Crippen LogP) is 2.60. The third-order valence-electron chi connectivity index (χ3n) is 3.17. The molecule has 0 saturated carbocycles. The highest BCUT2D eigenvalue weighted by atomic mass is 15.3. The smallest absolute Gasteiger partial charge is 0.225 e. The zero-order chi connectivity index (χ0) is 13.4. The molecule has 1 heterocycles. The van der Waals surface area contributed by atoms with Crippen LogP contribution in [-0.4, -0.2) is 29.1 Å². The molecule has 4 nitrogen and oxygen atoms in total. The van der Waals surface area contributed by atoms with Gasteiger partial charge in [0.2, 0.25) is 5.95 Å². The molecule has 4 heteroatoms. The molecule has 0 saturated heterocycles. The fraction of sp³-hybridized carbons (Fsp3) is 0.714. The van der Waals surface area contributed by atoms with E-state index in [4.69, 9.17) is 0 Å². The summed E-state index contributed by atoms with van der Waals surface area (Å²) < 4.78 is 0. The topological polar surface area (TPSA) is 41.1 Å². The van der Waals surface area contributed by atoms with E-state index >= 15 is 0 Å². The summed E-state index contributed by atoms with van der Waals surface area (Å²) in [5.74, 6) is 0.839. The Balaban J connectivity index is 2.63. The zero-order valence-electron chi connectivity index (χ0n) is 12.1. The number of rotatable bonds is 8. The quantitative estimate of drug-likeness (QED) is 0.720. The number of aromatic nitrogens is 2. The van der Waals surface area contributed by atoms with Crippen molar-refractivity contribution in [2.75, 3.05) is 18.0 Å². The Morgan fingerprint density at radius 1 is 1.22 bits per heavy atom. The second kappa shape index (κ2) is 8.03. The van der Waals surface area contributed by atoms with E-state index in [2.05, 4.69) is 47.9 Å². The van der Waals surface area contributed by atoms with Gasteiger partial charge in [-0.05, 0) is 33.2 Å². The second-order valence-electron chi connectivity index (χ2n) is 4.61. The summed E-state index contributed by atoms with van der Waals surface area (Å²) in [4.78, 5) is 11.2. The number of nitrogens with zero attached hydrogens (tertiary/aromatic N) is 3. The van der Waals surface area contributed by atoms with Crippen molar-refractivity contribution in [1.82, 2.24) is 15.3 Å².